The van der Waals surface area contributed by atoms with Crippen LogP contribution in [0.25, 0.3) is 0 Å². The Balaban J connectivity index is 2.20. The number of aromatic amines is 2. The highest BCUT2D eigenvalue weighted by atomic mass is 32.2. The van der Waals surface area contributed by atoms with Crippen molar-refractivity contribution >= 4 is 10.0 Å². The zero-order chi connectivity index (χ0) is 14.8. The van der Waals surface area contributed by atoms with E-state index >= 15 is 0 Å². The average Bonchev–Trinajstić information content (AvgIpc) is 2.39. The molecule has 0 amide bonds. The van der Waals surface area contributed by atoms with E-state index in [-0.39, 0.29) is 5.92 Å². The van der Waals surface area contributed by atoms with Crippen LogP contribution < -0.4 is 16.6 Å². The lowest BCUT2D eigenvalue weighted by atomic mass is 10.00. The molecule has 1 saturated heterocycles. The Bertz CT molecular complexity index is 672. The molecule has 9 heteroatoms. The van der Waals surface area contributed by atoms with Gasteiger partial charge in [0.05, 0.1) is 0 Å². The second-order valence-electron chi connectivity index (χ2n) is 4.93. The van der Waals surface area contributed by atoms with Gasteiger partial charge in [0.1, 0.15) is 0 Å². The topological polar surface area (TPSA) is 115 Å². The van der Waals surface area contributed by atoms with E-state index in [1.807, 2.05) is 4.98 Å². The van der Waals surface area contributed by atoms with Crippen molar-refractivity contribution in [1.29, 1.82) is 0 Å². The zero-order valence-electron chi connectivity index (χ0n) is 11.2. The first-order valence-corrected chi connectivity index (χ1v) is 7.84. The molecule has 8 nitrogen and oxygen atoms in total. The Labute approximate surface area is 116 Å². The first kappa shape index (κ1) is 14.9. The normalized spacial score (nSPS) is 20.2. The summed E-state index contributed by atoms with van der Waals surface area (Å²) in [5, 5.41) is 3.21. The number of piperidine rings is 1. The van der Waals surface area contributed by atoms with Gasteiger partial charge < -0.3 is 10.3 Å². The van der Waals surface area contributed by atoms with Crippen LogP contribution in [0, 0.1) is 5.92 Å². The Morgan fingerprint density at radius 2 is 2.15 bits per heavy atom. The quantitative estimate of drug-likeness (QED) is 0.638. The molecule has 1 aromatic rings. The summed E-state index contributed by atoms with van der Waals surface area (Å²) in [5.74, 6) is 0.227. The molecule has 0 aliphatic carbocycles. The van der Waals surface area contributed by atoms with Crippen molar-refractivity contribution in [3.63, 3.8) is 0 Å². The number of nitrogens with zero attached hydrogens (tertiary/aromatic N) is 1. The first-order chi connectivity index (χ1) is 9.41. The molecule has 1 aliphatic heterocycles. The number of rotatable bonds is 4. The Hall–Kier alpha value is -1.45. The third-order valence-electron chi connectivity index (χ3n) is 3.39. The molecular formula is C11H18N4O4S. The van der Waals surface area contributed by atoms with Crippen molar-refractivity contribution < 1.29 is 8.42 Å². The maximum absolute atomic E-state index is 12.3. The van der Waals surface area contributed by atoms with Crippen molar-refractivity contribution in [2.75, 3.05) is 26.7 Å². The monoisotopic (exact) mass is 302 g/mol. The van der Waals surface area contributed by atoms with E-state index in [0.717, 1.165) is 36.4 Å². The van der Waals surface area contributed by atoms with Gasteiger partial charge in [-0.3, -0.25) is 9.78 Å². The minimum absolute atomic E-state index is 0.227. The van der Waals surface area contributed by atoms with Gasteiger partial charge in [-0.2, -0.15) is 0 Å². The third-order valence-corrected chi connectivity index (χ3v) is 5.22. The van der Waals surface area contributed by atoms with Crippen LogP contribution in [0.15, 0.2) is 20.7 Å². The van der Waals surface area contributed by atoms with Gasteiger partial charge in [0.2, 0.25) is 10.0 Å². The van der Waals surface area contributed by atoms with E-state index in [1.165, 1.54) is 7.05 Å². The fraction of sp³-hybridized carbons (Fsp3) is 0.636. The summed E-state index contributed by atoms with van der Waals surface area (Å²) in [5.41, 5.74) is -1.63. The molecule has 2 rings (SSSR count). The van der Waals surface area contributed by atoms with Gasteiger partial charge in [-0.1, -0.05) is 0 Å². The highest BCUT2D eigenvalue weighted by Gasteiger charge is 2.27. The van der Waals surface area contributed by atoms with Crippen LogP contribution in [-0.4, -0.2) is 49.4 Å². The fourth-order valence-corrected chi connectivity index (χ4v) is 3.53. The molecule has 1 atom stereocenters. The molecule has 0 radical (unpaired) electrons. The van der Waals surface area contributed by atoms with Crippen molar-refractivity contribution in [3.8, 4) is 0 Å². The molecular weight excluding hydrogens is 284 g/mol. The van der Waals surface area contributed by atoms with E-state index in [0.29, 0.717) is 6.54 Å². The van der Waals surface area contributed by atoms with Crippen molar-refractivity contribution in [2.24, 2.45) is 5.92 Å². The van der Waals surface area contributed by atoms with Crippen LogP contribution in [0.2, 0.25) is 0 Å². The molecule has 1 aromatic heterocycles. The van der Waals surface area contributed by atoms with E-state index in [4.69, 9.17) is 0 Å². The van der Waals surface area contributed by atoms with Gasteiger partial charge >= 0.3 is 5.69 Å². The first-order valence-electron chi connectivity index (χ1n) is 6.40. The predicted octanol–water partition coefficient (Wildman–Crippen LogP) is -1.32. The molecule has 1 fully saturated rings. The lowest BCUT2D eigenvalue weighted by Crippen LogP contribution is -2.41. The van der Waals surface area contributed by atoms with Crippen LogP contribution in [0.5, 0.6) is 0 Å². The van der Waals surface area contributed by atoms with Gasteiger partial charge in [0.15, 0.2) is 4.90 Å². The smallest absolute Gasteiger partial charge is 0.316 e. The molecule has 0 saturated carbocycles. The largest absolute Gasteiger partial charge is 0.325 e. The lowest BCUT2D eigenvalue weighted by molar-refractivity contribution is 0.314. The molecule has 0 spiro atoms. The molecule has 2 heterocycles. The summed E-state index contributed by atoms with van der Waals surface area (Å²) in [6.07, 6.45) is 2.90. The highest BCUT2D eigenvalue weighted by molar-refractivity contribution is 7.89. The number of hydrogen-bond donors (Lipinski definition) is 3. The summed E-state index contributed by atoms with van der Waals surface area (Å²) >= 11 is 0. The van der Waals surface area contributed by atoms with E-state index in [1.54, 1.807) is 0 Å². The predicted molar refractivity (Wildman–Crippen MR) is 73.1 cm³/mol. The summed E-state index contributed by atoms with van der Waals surface area (Å²) in [6.45, 7) is 2.06. The minimum Gasteiger partial charge on any atom is -0.316 e. The molecule has 0 bridgehead atoms. The number of aromatic nitrogens is 2. The molecule has 1 unspecified atom stereocenters. The van der Waals surface area contributed by atoms with Crippen LogP contribution in [0.3, 0.4) is 0 Å². The maximum Gasteiger partial charge on any atom is 0.325 e. The van der Waals surface area contributed by atoms with E-state index in [2.05, 4.69) is 10.3 Å². The van der Waals surface area contributed by atoms with Crippen molar-refractivity contribution in [3.05, 3.63) is 27.0 Å². The third kappa shape index (κ3) is 3.17. The number of sulfonamides is 1. The summed E-state index contributed by atoms with van der Waals surface area (Å²) < 4.78 is 25.8. The Morgan fingerprint density at radius 3 is 2.75 bits per heavy atom. The van der Waals surface area contributed by atoms with Crippen LogP contribution >= 0.6 is 0 Å². The van der Waals surface area contributed by atoms with Gasteiger partial charge in [-0.25, -0.2) is 17.5 Å². The van der Waals surface area contributed by atoms with E-state index < -0.39 is 26.2 Å². The van der Waals surface area contributed by atoms with Gasteiger partial charge in [0.25, 0.3) is 5.56 Å². The molecule has 0 aromatic carbocycles. The van der Waals surface area contributed by atoms with Gasteiger partial charge in [0, 0.05) is 19.8 Å². The highest BCUT2D eigenvalue weighted by Crippen LogP contribution is 2.15. The second kappa shape index (κ2) is 5.90. The van der Waals surface area contributed by atoms with Crippen molar-refractivity contribution in [2.45, 2.75) is 17.7 Å². The SMILES string of the molecule is CN(CC1CCCNC1)S(=O)(=O)c1c[nH]c(=O)[nH]c1=O. The Kier molecular flexibility index (Phi) is 4.41. The average molecular weight is 302 g/mol. The summed E-state index contributed by atoms with van der Waals surface area (Å²) in [4.78, 5) is 26.2. The summed E-state index contributed by atoms with van der Waals surface area (Å²) in [7, 11) is -2.46. The second-order valence-corrected chi connectivity index (χ2v) is 6.95. The number of nitrogens with one attached hydrogen (secondary N) is 3. The molecule has 3 N–H and O–H groups in total. The van der Waals surface area contributed by atoms with Gasteiger partial charge in [-0.05, 0) is 31.8 Å². The van der Waals surface area contributed by atoms with Crippen molar-refractivity contribution in [1.82, 2.24) is 19.6 Å². The van der Waals surface area contributed by atoms with Crippen LogP contribution in [0.1, 0.15) is 12.8 Å². The Morgan fingerprint density at radius 1 is 1.40 bits per heavy atom. The molecule has 20 heavy (non-hydrogen) atoms. The van der Waals surface area contributed by atoms with E-state index in [9.17, 15) is 18.0 Å². The van der Waals surface area contributed by atoms with Gasteiger partial charge in [-0.15, -0.1) is 0 Å². The standard InChI is InChI=1S/C11H18N4O4S/c1-15(7-8-3-2-4-12-5-8)20(18,19)9-6-13-11(17)14-10(9)16/h6,8,12H,2-5,7H2,1H3,(H2,13,14,16,17). The maximum atomic E-state index is 12.3. The molecule has 112 valence electrons. The van der Waals surface area contributed by atoms with Crippen LogP contribution in [-0.2, 0) is 10.0 Å². The minimum atomic E-state index is -3.89. The number of hydrogen-bond acceptors (Lipinski definition) is 5. The zero-order valence-corrected chi connectivity index (χ0v) is 12.0. The fourth-order valence-electron chi connectivity index (χ4n) is 2.30. The van der Waals surface area contributed by atoms with Crippen LogP contribution in [0.4, 0.5) is 0 Å². The number of H-pyrrole nitrogens is 2. The summed E-state index contributed by atoms with van der Waals surface area (Å²) in [6, 6.07) is 0. The molecule has 1 aliphatic rings. The lowest BCUT2D eigenvalue weighted by Gasteiger charge is -2.26.